The number of hydrogen-bond acceptors (Lipinski definition) is 5. The van der Waals surface area contributed by atoms with Gasteiger partial charge in [0.15, 0.2) is 0 Å². The minimum atomic E-state index is -0.855. The molecule has 3 aliphatic heterocycles. The van der Waals surface area contributed by atoms with Crippen LogP contribution >= 0.6 is 11.3 Å². The van der Waals surface area contributed by atoms with E-state index in [0.717, 1.165) is 6.07 Å². The first-order chi connectivity index (χ1) is 15.4. The topological polar surface area (TPSA) is 98.8 Å². The van der Waals surface area contributed by atoms with Crippen molar-refractivity contribution in [2.45, 2.75) is 37.0 Å². The molecule has 3 aliphatic rings. The number of amides is 4. The summed E-state index contributed by atoms with van der Waals surface area (Å²) < 4.78 is 13.6. The van der Waals surface area contributed by atoms with E-state index in [4.69, 9.17) is 0 Å². The van der Waals surface area contributed by atoms with Crippen LogP contribution in [-0.4, -0.2) is 70.7 Å². The van der Waals surface area contributed by atoms with Crippen LogP contribution in [0.1, 0.15) is 32.9 Å². The van der Waals surface area contributed by atoms with Gasteiger partial charge in [-0.3, -0.25) is 19.2 Å². The molecule has 0 aliphatic carbocycles. The Labute approximate surface area is 187 Å². The fourth-order valence-corrected chi connectivity index (χ4v) is 5.44. The van der Waals surface area contributed by atoms with Gasteiger partial charge in [0.25, 0.3) is 11.8 Å². The predicted octanol–water partition coefficient (Wildman–Crippen LogP) is 1.000. The van der Waals surface area contributed by atoms with E-state index < -0.39 is 29.8 Å². The Bertz CT molecular complexity index is 1090. The van der Waals surface area contributed by atoms with Crippen molar-refractivity contribution >= 4 is 35.0 Å². The van der Waals surface area contributed by atoms with Gasteiger partial charge in [-0.2, -0.15) is 0 Å². The van der Waals surface area contributed by atoms with E-state index >= 15 is 0 Å². The Morgan fingerprint density at radius 2 is 2.03 bits per heavy atom. The zero-order valence-corrected chi connectivity index (χ0v) is 17.8. The SMILES string of the molecule is O=C(N[C@H]1C[C@@H]2C(=O)N[C@@H]3CCN(C(=O)c4cccc(F)c4)[C@@H]3C(=O)N2C1)c1cccs1. The Hall–Kier alpha value is -3.27. The molecular weight excluding hydrogens is 435 g/mol. The summed E-state index contributed by atoms with van der Waals surface area (Å²) in [7, 11) is 0. The number of likely N-dealkylation sites (tertiary alicyclic amines) is 1. The van der Waals surface area contributed by atoms with Gasteiger partial charge in [-0.25, -0.2) is 4.39 Å². The lowest BCUT2D eigenvalue weighted by atomic mass is 10.1. The average Bonchev–Trinajstić information content (AvgIpc) is 3.51. The zero-order valence-electron chi connectivity index (χ0n) is 17.0. The zero-order chi connectivity index (χ0) is 22.4. The molecule has 5 rings (SSSR count). The highest BCUT2D eigenvalue weighted by Crippen LogP contribution is 2.30. The van der Waals surface area contributed by atoms with Gasteiger partial charge < -0.3 is 20.4 Å². The molecular formula is C22H21FN4O4S. The molecule has 3 fully saturated rings. The first-order valence-electron chi connectivity index (χ1n) is 10.4. The van der Waals surface area contributed by atoms with E-state index in [1.165, 1.54) is 39.3 Å². The van der Waals surface area contributed by atoms with Gasteiger partial charge in [-0.15, -0.1) is 11.3 Å². The molecule has 1 aromatic carbocycles. The molecule has 10 heteroatoms. The maximum absolute atomic E-state index is 13.6. The maximum Gasteiger partial charge on any atom is 0.261 e. The number of thiophene rings is 1. The van der Waals surface area contributed by atoms with Gasteiger partial charge in [0, 0.05) is 24.7 Å². The lowest BCUT2D eigenvalue weighted by molar-refractivity contribution is -0.138. The van der Waals surface area contributed by atoms with E-state index in [9.17, 15) is 23.6 Å². The summed E-state index contributed by atoms with van der Waals surface area (Å²) in [5, 5.41) is 7.62. The number of carbonyl (C=O) groups is 4. The van der Waals surface area contributed by atoms with Crippen LogP contribution in [0.5, 0.6) is 0 Å². The normalized spacial score (nSPS) is 26.9. The van der Waals surface area contributed by atoms with Crippen LogP contribution in [0, 0.1) is 5.82 Å². The van der Waals surface area contributed by atoms with Crippen molar-refractivity contribution in [3.05, 3.63) is 58.0 Å². The van der Waals surface area contributed by atoms with Crippen LogP contribution in [0.15, 0.2) is 41.8 Å². The third-order valence-electron chi connectivity index (χ3n) is 6.28. The monoisotopic (exact) mass is 456 g/mol. The van der Waals surface area contributed by atoms with E-state index in [-0.39, 0.29) is 42.4 Å². The molecule has 2 N–H and O–H groups in total. The molecule has 0 radical (unpaired) electrons. The number of fused-ring (bicyclic) bond motifs is 2. The van der Waals surface area contributed by atoms with Crippen LogP contribution in [0.25, 0.3) is 0 Å². The van der Waals surface area contributed by atoms with E-state index in [1.807, 2.05) is 0 Å². The number of halogens is 1. The summed E-state index contributed by atoms with van der Waals surface area (Å²) in [6.07, 6.45) is 0.758. The number of nitrogens with one attached hydrogen (secondary N) is 2. The lowest BCUT2D eigenvalue weighted by Crippen LogP contribution is -2.52. The number of rotatable bonds is 3. The van der Waals surface area contributed by atoms with E-state index in [1.54, 1.807) is 17.5 Å². The van der Waals surface area contributed by atoms with Gasteiger partial charge in [0.1, 0.15) is 17.9 Å². The second kappa shape index (κ2) is 8.01. The van der Waals surface area contributed by atoms with Crippen LogP contribution < -0.4 is 10.6 Å². The molecule has 2 aromatic rings. The van der Waals surface area contributed by atoms with Gasteiger partial charge in [0.2, 0.25) is 11.8 Å². The van der Waals surface area contributed by atoms with Crippen LogP contribution in [0.2, 0.25) is 0 Å². The summed E-state index contributed by atoms with van der Waals surface area (Å²) >= 11 is 1.32. The number of nitrogens with zero attached hydrogens (tertiary/aromatic N) is 2. The summed E-state index contributed by atoms with van der Waals surface area (Å²) in [6.45, 7) is 0.479. The molecule has 8 nitrogen and oxygen atoms in total. The third-order valence-corrected chi connectivity index (χ3v) is 7.15. The first-order valence-corrected chi connectivity index (χ1v) is 11.3. The van der Waals surface area contributed by atoms with Crippen molar-refractivity contribution in [1.82, 2.24) is 20.4 Å². The second-order valence-corrected chi connectivity index (χ2v) is 9.19. The van der Waals surface area contributed by atoms with Crippen molar-refractivity contribution in [3.8, 4) is 0 Å². The van der Waals surface area contributed by atoms with Crippen molar-refractivity contribution in [2.24, 2.45) is 0 Å². The number of benzene rings is 1. The van der Waals surface area contributed by atoms with Gasteiger partial charge in [-0.1, -0.05) is 12.1 Å². The van der Waals surface area contributed by atoms with Gasteiger partial charge in [-0.05, 0) is 42.5 Å². The van der Waals surface area contributed by atoms with Crippen LogP contribution in [0.4, 0.5) is 4.39 Å². The number of carbonyl (C=O) groups excluding carboxylic acids is 4. The van der Waals surface area contributed by atoms with Crippen LogP contribution in [0.3, 0.4) is 0 Å². The van der Waals surface area contributed by atoms with Gasteiger partial charge >= 0.3 is 0 Å². The first kappa shape index (κ1) is 20.6. The Balaban J connectivity index is 1.36. The van der Waals surface area contributed by atoms with Crippen molar-refractivity contribution in [3.63, 3.8) is 0 Å². The predicted molar refractivity (Wildman–Crippen MR) is 113 cm³/mol. The second-order valence-electron chi connectivity index (χ2n) is 8.25. The molecule has 0 saturated carbocycles. The minimum Gasteiger partial charge on any atom is -0.349 e. The Kier molecular flexibility index (Phi) is 5.16. The molecule has 0 bridgehead atoms. The molecule has 4 amide bonds. The molecule has 32 heavy (non-hydrogen) atoms. The van der Waals surface area contributed by atoms with Crippen molar-refractivity contribution < 1.29 is 23.6 Å². The molecule has 166 valence electrons. The van der Waals surface area contributed by atoms with Crippen molar-refractivity contribution in [2.75, 3.05) is 13.1 Å². The summed E-state index contributed by atoms with van der Waals surface area (Å²) in [6, 6.07) is 6.43. The molecule has 1 aromatic heterocycles. The quantitative estimate of drug-likeness (QED) is 0.720. The maximum atomic E-state index is 13.6. The lowest BCUT2D eigenvalue weighted by Gasteiger charge is -2.29. The summed E-state index contributed by atoms with van der Waals surface area (Å²) in [5.41, 5.74) is 0.160. The Morgan fingerprint density at radius 3 is 2.78 bits per heavy atom. The largest absolute Gasteiger partial charge is 0.349 e. The van der Waals surface area contributed by atoms with Crippen LogP contribution in [-0.2, 0) is 9.59 Å². The molecule has 0 spiro atoms. The molecule has 3 saturated heterocycles. The fourth-order valence-electron chi connectivity index (χ4n) is 4.81. The minimum absolute atomic E-state index is 0.160. The van der Waals surface area contributed by atoms with Crippen molar-refractivity contribution in [1.29, 1.82) is 0 Å². The average molecular weight is 456 g/mol. The van der Waals surface area contributed by atoms with E-state index in [2.05, 4.69) is 10.6 Å². The molecule has 0 unspecified atom stereocenters. The fraction of sp³-hybridized carbons (Fsp3) is 0.364. The standard InChI is InChI=1S/C22H21FN4O4S/c23-13-4-1-3-12(9-13)21(30)26-7-6-15-18(26)22(31)27-11-14(10-16(27)19(28)25-15)24-20(29)17-5-2-8-32-17/h1-5,8-9,14-16,18H,6-7,10-11H2,(H,24,29)(H,25,28)/t14-,15+,16+,18-/m0/s1. The molecule has 4 heterocycles. The molecule has 4 atom stereocenters. The highest BCUT2D eigenvalue weighted by atomic mass is 32.1. The highest BCUT2D eigenvalue weighted by molar-refractivity contribution is 7.12. The summed E-state index contributed by atoms with van der Waals surface area (Å²) in [5.74, 6) is -1.82. The van der Waals surface area contributed by atoms with Gasteiger partial charge in [0.05, 0.1) is 10.9 Å². The third kappa shape index (κ3) is 3.54. The number of hydrogen-bond donors (Lipinski definition) is 2. The summed E-state index contributed by atoms with van der Waals surface area (Å²) in [4.78, 5) is 55.3. The Morgan fingerprint density at radius 1 is 1.19 bits per heavy atom. The smallest absolute Gasteiger partial charge is 0.261 e. The highest BCUT2D eigenvalue weighted by Gasteiger charge is 2.52. The van der Waals surface area contributed by atoms with E-state index in [0.29, 0.717) is 17.7 Å².